The van der Waals surface area contributed by atoms with Crippen LogP contribution in [-0.2, 0) is 6.42 Å². The maximum atomic E-state index is 5.99. The molecule has 4 nitrogen and oxygen atoms in total. The summed E-state index contributed by atoms with van der Waals surface area (Å²) in [6, 6.07) is 0. The maximum absolute atomic E-state index is 5.99. The van der Waals surface area contributed by atoms with E-state index in [2.05, 4.69) is 11.9 Å². The molecule has 4 heteroatoms. The molecule has 0 radical (unpaired) electrons. The summed E-state index contributed by atoms with van der Waals surface area (Å²) in [6.07, 6.45) is 8.25. The van der Waals surface area contributed by atoms with Gasteiger partial charge in [-0.15, -0.1) is 0 Å². The molecule has 0 aliphatic heterocycles. The van der Waals surface area contributed by atoms with Gasteiger partial charge in [-0.2, -0.15) is 0 Å². The minimum atomic E-state index is 0.530. The van der Waals surface area contributed by atoms with E-state index < -0.39 is 0 Å². The van der Waals surface area contributed by atoms with Crippen molar-refractivity contribution in [1.82, 2.24) is 9.66 Å². The van der Waals surface area contributed by atoms with E-state index in [9.17, 15) is 0 Å². The van der Waals surface area contributed by atoms with E-state index in [4.69, 9.17) is 11.6 Å². The molecule has 1 saturated carbocycles. The first-order chi connectivity index (χ1) is 7.74. The molecule has 1 aliphatic carbocycles. The number of hydrogen-bond donors (Lipinski definition) is 2. The smallest absolute Gasteiger partial charge is 0.145 e. The first kappa shape index (κ1) is 11.3. The van der Waals surface area contributed by atoms with Crippen LogP contribution in [0.5, 0.6) is 0 Å². The first-order valence-electron chi connectivity index (χ1n) is 6.36. The molecule has 0 amide bonds. The van der Waals surface area contributed by atoms with Crippen molar-refractivity contribution in [2.24, 2.45) is 0 Å². The molecule has 0 spiro atoms. The molecule has 16 heavy (non-hydrogen) atoms. The average Bonchev–Trinajstić information content (AvgIpc) is 2.88. The second-order valence-electron chi connectivity index (χ2n) is 4.76. The quantitative estimate of drug-likeness (QED) is 0.767. The molecule has 90 valence electrons. The molecule has 0 unspecified atom stereocenters. The molecule has 1 aromatic heterocycles. The minimum Gasteiger partial charge on any atom is -0.382 e. The fourth-order valence-corrected chi connectivity index (χ4v) is 2.51. The predicted molar refractivity (Wildman–Crippen MR) is 66.6 cm³/mol. The highest BCUT2D eigenvalue weighted by molar-refractivity contribution is 5.39. The largest absolute Gasteiger partial charge is 0.382 e. The Balaban J connectivity index is 2.18. The van der Waals surface area contributed by atoms with Gasteiger partial charge in [0.2, 0.25) is 0 Å². The summed E-state index contributed by atoms with van der Waals surface area (Å²) in [6.45, 7) is 2.17. The van der Waals surface area contributed by atoms with E-state index >= 15 is 0 Å². The highest BCUT2D eigenvalue weighted by atomic mass is 15.4. The molecular formula is C12H22N4. The number of nitrogen functional groups attached to an aromatic ring is 2. The lowest BCUT2D eigenvalue weighted by molar-refractivity contribution is 0.645. The van der Waals surface area contributed by atoms with Crippen molar-refractivity contribution in [3.63, 3.8) is 0 Å². The summed E-state index contributed by atoms with van der Waals surface area (Å²) in [5.74, 6) is 8.18. The minimum absolute atomic E-state index is 0.530. The van der Waals surface area contributed by atoms with E-state index in [0.717, 1.165) is 30.8 Å². The van der Waals surface area contributed by atoms with E-state index in [0.29, 0.717) is 11.7 Å². The summed E-state index contributed by atoms with van der Waals surface area (Å²) in [5.41, 5.74) is 6.98. The van der Waals surface area contributed by atoms with E-state index in [1.54, 1.807) is 4.68 Å². The van der Waals surface area contributed by atoms with Crippen LogP contribution in [0.15, 0.2) is 0 Å². The van der Waals surface area contributed by atoms with Crippen LogP contribution >= 0.6 is 0 Å². The van der Waals surface area contributed by atoms with Crippen LogP contribution in [-0.4, -0.2) is 9.66 Å². The number of nitrogens with two attached hydrogens (primary N) is 2. The third-order valence-electron chi connectivity index (χ3n) is 3.54. The van der Waals surface area contributed by atoms with Gasteiger partial charge < -0.3 is 11.6 Å². The Morgan fingerprint density at radius 2 is 2.06 bits per heavy atom. The Bertz CT molecular complexity index is 350. The summed E-state index contributed by atoms with van der Waals surface area (Å²) in [5, 5.41) is 0. The molecule has 0 bridgehead atoms. The van der Waals surface area contributed by atoms with Crippen LogP contribution in [0.1, 0.15) is 62.9 Å². The lowest BCUT2D eigenvalue weighted by Crippen LogP contribution is -2.17. The van der Waals surface area contributed by atoms with E-state index in [-0.39, 0.29) is 0 Å². The third kappa shape index (κ3) is 2.01. The van der Waals surface area contributed by atoms with Gasteiger partial charge in [-0.3, -0.25) is 0 Å². The van der Waals surface area contributed by atoms with Crippen molar-refractivity contribution in [3.8, 4) is 0 Å². The Morgan fingerprint density at radius 3 is 2.69 bits per heavy atom. The Hall–Kier alpha value is -1.19. The number of nitrogens with zero attached hydrogens (tertiary/aromatic N) is 2. The molecule has 1 aromatic rings. The second-order valence-corrected chi connectivity index (χ2v) is 4.76. The summed E-state index contributed by atoms with van der Waals surface area (Å²) in [7, 11) is 0. The molecule has 1 heterocycles. The van der Waals surface area contributed by atoms with Crippen LogP contribution in [0.2, 0.25) is 0 Å². The predicted octanol–water partition coefficient (Wildman–Crippen LogP) is 2.18. The van der Waals surface area contributed by atoms with Crippen LogP contribution in [0.4, 0.5) is 5.82 Å². The Kier molecular flexibility index (Phi) is 3.36. The van der Waals surface area contributed by atoms with Gasteiger partial charge >= 0.3 is 0 Å². The number of aryl methyl sites for hydroxylation is 1. The zero-order valence-electron chi connectivity index (χ0n) is 10.1. The Labute approximate surface area is 97.0 Å². The number of imidazole rings is 1. The van der Waals surface area contributed by atoms with Crippen LogP contribution < -0.4 is 11.6 Å². The van der Waals surface area contributed by atoms with Crippen LogP contribution in [0.3, 0.4) is 0 Å². The molecule has 0 aromatic carbocycles. The van der Waals surface area contributed by atoms with Crippen molar-refractivity contribution < 1.29 is 0 Å². The number of anilines is 1. The molecular weight excluding hydrogens is 200 g/mol. The SMILES string of the molecule is CCCCc1nc(C2CCCC2)n(N)c1N. The molecule has 1 aliphatic rings. The molecule has 1 fully saturated rings. The standard InChI is InChI=1S/C12H22N4/c1-2-3-8-10-11(13)16(14)12(15-10)9-6-4-5-7-9/h9H,2-8,13-14H2,1H3. The molecule has 2 rings (SSSR count). The van der Waals surface area contributed by atoms with Gasteiger partial charge in [0.15, 0.2) is 0 Å². The number of rotatable bonds is 4. The van der Waals surface area contributed by atoms with Gasteiger partial charge in [0.05, 0.1) is 5.69 Å². The maximum Gasteiger partial charge on any atom is 0.145 e. The van der Waals surface area contributed by atoms with Crippen molar-refractivity contribution in [1.29, 1.82) is 0 Å². The van der Waals surface area contributed by atoms with E-state index in [1.165, 1.54) is 25.7 Å². The van der Waals surface area contributed by atoms with Gasteiger partial charge in [0.25, 0.3) is 0 Å². The lowest BCUT2D eigenvalue weighted by atomic mass is 10.1. The highest BCUT2D eigenvalue weighted by Gasteiger charge is 2.24. The van der Waals surface area contributed by atoms with Crippen molar-refractivity contribution in [2.45, 2.75) is 57.8 Å². The fraction of sp³-hybridized carbons (Fsp3) is 0.750. The topological polar surface area (TPSA) is 69.9 Å². The van der Waals surface area contributed by atoms with Crippen LogP contribution in [0.25, 0.3) is 0 Å². The molecule has 0 atom stereocenters. The number of aromatic nitrogens is 2. The fourth-order valence-electron chi connectivity index (χ4n) is 2.51. The average molecular weight is 222 g/mol. The second kappa shape index (κ2) is 4.76. The van der Waals surface area contributed by atoms with Crippen molar-refractivity contribution >= 4 is 5.82 Å². The highest BCUT2D eigenvalue weighted by Crippen LogP contribution is 2.34. The van der Waals surface area contributed by atoms with E-state index in [1.807, 2.05) is 0 Å². The Morgan fingerprint density at radius 1 is 1.38 bits per heavy atom. The van der Waals surface area contributed by atoms with Crippen molar-refractivity contribution in [3.05, 3.63) is 11.5 Å². The van der Waals surface area contributed by atoms with Gasteiger partial charge in [-0.05, 0) is 25.7 Å². The summed E-state index contributed by atoms with van der Waals surface area (Å²) in [4.78, 5) is 4.64. The van der Waals surface area contributed by atoms with Crippen LogP contribution in [0, 0.1) is 0 Å². The van der Waals surface area contributed by atoms with Gasteiger partial charge in [0.1, 0.15) is 11.6 Å². The third-order valence-corrected chi connectivity index (χ3v) is 3.54. The normalized spacial score (nSPS) is 17.1. The zero-order valence-corrected chi connectivity index (χ0v) is 10.1. The number of hydrogen-bond acceptors (Lipinski definition) is 3. The first-order valence-corrected chi connectivity index (χ1v) is 6.36. The van der Waals surface area contributed by atoms with Gasteiger partial charge in [-0.25, -0.2) is 9.66 Å². The molecule has 4 N–H and O–H groups in total. The monoisotopic (exact) mass is 222 g/mol. The number of unbranched alkanes of at least 4 members (excludes halogenated alkanes) is 1. The van der Waals surface area contributed by atoms with Crippen molar-refractivity contribution in [2.75, 3.05) is 11.6 Å². The summed E-state index contributed by atoms with van der Waals surface area (Å²) < 4.78 is 1.61. The lowest BCUT2D eigenvalue weighted by Gasteiger charge is -2.08. The zero-order chi connectivity index (χ0) is 11.5. The van der Waals surface area contributed by atoms with Gasteiger partial charge in [-0.1, -0.05) is 26.2 Å². The van der Waals surface area contributed by atoms with Gasteiger partial charge in [0, 0.05) is 5.92 Å². The summed E-state index contributed by atoms with van der Waals surface area (Å²) >= 11 is 0. The molecule has 0 saturated heterocycles.